The molecule has 0 aliphatic carbocycles. The summed E-state index contributed by atoms with van der Waals surface area (Å²) in [5, 5.41) is 20.9. The number of aromatic nitrogens is 2. The van der Waals surface area contributed by atoms with Gasteiger partial charge in [0.05, 0.1) is 24.3 Å². The minimum absolute atomic E-state index is 0.0963. The highest BCUT2D eigenvalue weighted by Crippen LogP contribution is 2.46. The quantitative estimate of drug-likeness (QED) is 0.755. The summed E-state index contributed by atoms with van der Waals surface area (Å²) in [4.78, 5) is 0. The van der Waals surface area contributed by atoms with Gasteiger partial charge in [0.2, 0.25) is 11.8 Å². The maximum atomic E-state index is 9.61. The number of allylic oxidation sites excluding steroid dienone is 1. The monoisotopic (exact) mass is 350 g/mol. The van der Waals surface area contributed by atoms with Crippen molar-refractivity contribution in [2.24, 2.45) is 5.73 Å². The molecule has 7 heteroatoms. The maximum Gasteiger partial charge on any atom is 0.244 e. The molecule has 0 saturated heterocycles. The van der Waals surface area contributed by atoms with Crippen molar-refractivity contribution in [1.29, 1.82) is 5.26 Å². The molecule has 1 aliphatic rings. The predicted octanol–water partition coefficient (Wildman–Crippen LogP) is 3.36. The number of nitriles is 1. The van der Waals surface area contributed by atoms with Crippen LogP contribution in [0.2, 0.25) is 0 Å². The van der Waals surface area contributed by atoms with Crippen LogP contribution in [-0.2, 0) is 0 Å². The Balaban J connectivity index is 1.90. The highest BCUT2D eigenvalue weighted by molar-refractivity contribution is 7.08. The lowest BCUT2D eigenvalue weighted by molar-refractivity contribution is 0.379. The van der Waals surface area contributed by atoms with E-state index in [0.717, 1.165) is 28.1 Å². The number of methoxy groups -OCH3 is 1. The average Bonchev–Trinajstić information content (AvgIpc) is 3.30. The molecule has 6 nitrogen and oxygen atoms in total. The normalized spacial score (nSPS) is 16.1. The number of fused-ring (bicyclic) bond motifs is 1. The molecule has 1 unspecified atom stereocenters. The first-order chi connectivity index (χ1) is 12.2. The topological polar surface area (TPSA) is 97.0 Å². The van der Waals surface area contributed by atoms with E-state index in [2.05, 4.69) is 16.3 Å². The molecule has 0 fully saturated rings. The minimum Gasteiger partial charge on any atom is -0.497 e. The first-order valence-electron chi connectivity index (χ1n) is 7.55. The molecule has 4 rings (SSSR count). The van der Waals surface area contributed by atoms with Crippen LogP contribution in [0.5, 0.6) is 11.6 Å². The molecule has 3 heterocycles. The van der Waals surface area contributed by atoms with Crippen LogP contribution in [0, 0.1) is 11.3 Å². The van der Waals surface area contributed by atoms with Crippen molar-refractivity contribution in [3.8, 4) is 29.0 Å². The standard InChI is InChI=1S/C18H14N4O2S/c1-23-12-4-2-10(3-5-12)16-15-14(11-6-7-25-9-11)13(8-19)17(20)24-18(15)22-21-16/h2-7,9,14H,20H2,1H3,(H,21,22). The van der Waals surface area contributed by atoms with Crippen molar-refractivity contribution in [2.75, 3.05) is 7.11 Å². The largest absolute Gasteiger partial charge is 0.497 e. The lowest BCUT2D eigenvalue weighted by Crippen LogP contribution is -2.20. The van der Waals surface area contributed by atoms with Crippen LogP contribution in [0.3, 0.4) is 0 Å². The Kier molecular flexibility index (Phi) is 3.67. The molecule has 0 amide bonds. The first kappa shape index (κ1) is 15.3. The van der Waals surface area contributed by atoms with E-state index in [1.165, 1.54) is 0 Å². The summed E-state index contributed by atoms with van der Waals surface area (Å²) in [6.07, 6.45) is 0. The third-order valence-corrected chi connectivity index (χ3v) is 4.90. The number of rotatable bonds is 3. The van der Waals surface area contributed by atoms with Crippen LogP contribution < -0.4 is 15.2 Å². The Labute approximate surface area is 148 Å². The third kappa shape index (κ3) is 2.44. The second-order valence-electron chi connectivity index (χ2n) is 5.53. The molecule has 0 saturated carbocycles. The number of benzene rings is 1. The maximum absolute atomic E-state index is 9.61. The van der Waals surface area contributed by atoms with E-state index in [9.17, 15) is 5.26 Å². The van der Waals surface area contributed by atoms with Crippen molar-refractivity contribution in [2.45, 2.75) is 5.92 Å². The Morgan fingerprint density at radius 2 is 2.12 bits per heavy atom. The molecule has 1 aromatic carbocycles. The van der Waals surface area contributed by atoms with Crippen LogP contribution in [0.15, 0.2) is 52.5 Å². The molecular formula is C18H14N4O2S. The Bertz CT molecular complexity index is 981. The van der Waals surface area contributed by atoms with Gasteiger partial charge in [0, 0.05) is 5.56 Å². The Morgan fingerprint density at radius 3 is 2.76 bits per heavy atom. The summed E-state index contributed by atoms with van der Waals surface area (Å²) < 4.78 is 10.8. The van der Waals surface area contributed by atoms with Crippen LogP contribution in [0.25, 0.3) is 11.3 Å². The molecule has 25 heavy (non-hydrogen) atoms. The van der Waals surface area contributed by atoms with Crippen molar-refractivity contribution < 1.29 is 9.47 Å². The number of nitrogens with zero attached hydrogens (tertiary/aromatic N) is 2. The molecule has 0 radical (unpaired) electrons. The van der Waals surface area contributed by atoms with E-state index in [4.69, 9.17) is 15.2 Å². The van der Waals surface area contributed by atoms with Crippen molar-refractivity contribution >= 4 is 11.3 Å². The zero-order valence-corrected chi connectivity index (χ0v) is 14.1. The predicted molar refractivity (Wildman–Crippen MR) is 94.2 cm³/mol. The van der Waals surface area contributed by atoms with Gasteiger partial charge in [-0.1, -0.05) is 0 Å². The van der Waals surface area contributed by atoms with Gasteiger partial charge in [-0.15, -0.1) is 5.10 Å². The van der Waals surface area contributed by atoms with Gasteiger partial charge in [-0.25, -0.2) is 0 Å². The number of thiophene rings is 1. The summed E-state index contributed by atoms with van der Waals surface area (Å²) >= 11 is 1.57. The number of hydrogen-bond donors (Lipinski definition) is 2. The molecule has 3 aromatic rings. The molecule has 1 aliphatic heterocycles. The van der Waals surface area contributed by atoms with Gasteiger partial charge in [0.25, 0.3) is 0 Å². The van der Waals surface area contributed by atoms with E-state index < -0.39 is 0 Å². The highest BCUT2D eigenvalue weighted by atomic mass is 32.1. The number of H-pyrrole nitrogens is 1. The molecule has 0 bridgehead atoms. The van der Waals surface area contributed by atoms with Crippen LogP contribution in [0.1, 0.15) is 17.0 Å². The second-order valence-corrected chi connectivity index (χ2v) is 6.31. The van der Waals surface area contributed by atoms with E-state index in [0.29, 0.717) is 11.5 Å². The Hall–Kier alpha value is -3.24. The lowest BCUT2D eigenvalue weighted by Gasteiger charge is -2.23. The van der Waals surface area contributed by atoms with E-state index in [1.807, 2.05) is 41.1 Å². The fourth-order valence-electron chi connectivity index (χ4n) is 3.00. The smallest absolute Gasteiger partial charge is 0.244 e. The van der Waals surface area contributed by atoms with Crippen LogP contribution in [0.4, 0.5) is 0 Å². The van der Waals surface area contributed by atoms with Gasteiger partial charge in [-0.2, -0.15) is 16.6 Å². The van der Waals surface area contributed by atoms with Crippen LogP contribution >= 0.6 is 11.3 Å². The summed E-state index contributed by atoms with van der Waals surface area (Å²) in [5.41, 5.74) is 9.88. The van der Waals surface area contributed by atoms with Crippen molar-refractivity contribution in [1.82, 2.24) is 10.2 Å². The van der Waals surface area contributed by atoms with Gasteiger partial charge in [-0.05, 0) is 46.7 Å². The fraction of sp³-hybridized carbons (Fsp3) is 0.111. The van der Waals surface area contributed by atoms with Gasteiger partial charge in [-0.3, -0.25) is 5.10 Å². The van der Waals surface area contributed by atoms with Gasteiger partial charge in [0.1, 0.15) is 17.4 Å². The molecule has 0 spiro atoms. The lowest BCUT2D eigenvalue weighted by atomic mass is 9.84. The van der Waals surface area contributed by atoms with E-state index in [1.54, 1.807) is 18.4 Å². The minimum atomic E-state index is -0.309. The van der Waals surface area contributed by atoms with Crippen molar-refractivity contribution in [3.63, 3.8) is 0 Å². The number of aromatic amines is 1. The zero-order chi connectivity index (χ0) is 17.4. The summed E-state index contributed by atoms with van der Waals surface area (Å²) in [6.45, 7) is 0. The number of nitrogens with one attached hydrogen (secondary N) is 1. The van der Waals surface area contributed by atoms with Crippen LogP contribution in [-0.4, -0.2) is 17.3 Å². The van der Waals surface area contributed by atoms with Crippen molar-refractivity contribution in [3.05, 3.63) is 63.7 Å². The van der Waals surface area contributed by atoms with Gasteiger partial charge < -0.3 is 15.2 Å². The summed E-state index contributed by atoms with van der Waals surface area (Å²) in [6, 6.07) is 11.8. The van der Waals surface area contributed by atoms with Gasteiger partial charge in [0.15, 0.2) is 0 Å². The van der Waals surface area contributed by atoms with E-state index >= 15 is 0 Å². The molecular weight excluding hydrogens is 336 g/mol. The highest BCUT2D eigenvalue weighted by Gasteiger charge is 2.35. The number of nitrogens with two attached hydrogens (primary N) is 1. The average molecular weight is 350 g/mol. The summed E-state index contributed by atoms with van der Waals surface area (Å²) in [5.74, 6) is 0.956. The zero-order valence-electron chi connectivity index (χ0n) is 13.3. The second kappa shape index (κ2) is 6.00. The molecule has 2 aromatic heterocycles. The SMILES string of the molecule is COc1ccc(-c2[nH]nc3c2C(c2ccsc2)C(C#N)=C(N)O3)cc1. The molecule has 3 N–H and O–H groups in total. The number of ether oxygens (including phenoxy) is 2. The fourth-order valence-corrected chi connectivity index (χ4v) is 3.68. The summed E-state index contributed by atoms with van der Waals surface area (Å²) in [7, 11) is 1.63. The van der Waals surface area contributed by atoms with E-state index in [-0.39, 0.29) is 11.8 Å². The van der Waals surface area contributed by atoms with Gasteiger partial charge >= 0.3 is 0 Å². The number of hydrogen-bond acceptors (Lipinski definition) is 6. The Morgan fingerprint density at radius 1 is 1.32 bits per heavy atom. The first-order valence-corrected chi connectivity index (χ1v) is 8.49. The molecule has 124 valence electrons. The molecule has 1 atom stereocenters. The third-order valence-electron chi connectivity index (χ3n) is 4.19.